The molecule has 0 spiro atoms. The van der Waals surface area contributed by atoms with Crippen molar-refractivity contribution in [3.63, 3.8) is 0 Å². The Hall–Kier alpha value is -3.08. The van der Waals surface area contributed by atoms with Gasteiger partial charge < -0.3 is 14.2 Å². The van der Waals surface area contributed by atoms with Crippen molar-refractivity contribution < 1.29 is 14.2 Å². The average Bonchev–Trinajstić information content (AvgIpc) is 3.03. The van der Waals surface area contributed by atoms with E-state index in [-0.39, 0.29) is 11.8 Å². The van der Waals surface area contributed by atoms with Crippen LogP contribution in [-0.4, -0.2) is 18.3 Å². The molecule has 3 fully saturated rings. The minimum Gasteiger partial charge on any atom is -0.494 e. The summed E-state index contributed by atoms with van der Waals surface area (Å²) in [6.07, 6.45) is 5.37. The molecule has 4 rings (SSSR count). The van der Waals surface area contributed by atoms with Crippen molar-refractivity contribution >= 4 is 5.90 Å². The molecule has 1 saturated carbocycles. The van der Waals surface area contributed by atoms with Crippen molar-refractivity contribution in [2.24, 2.45) is 22.7 Å². The van der Waals surface area contributed by atoms with Crippen LogP contribution in [0.5, 0.6) is 5.75 Å². The molecular formula is C26H30N4O3. The Morgan fingerprint density at radius 1 is 1.09 bits per heavy atom. The molecule has 7 nitrogen and oxygen atoms in total. The first kappa shape index (κ1) is 23.1. The van der Waals surface area contributed by atoms with Crippen LogP contribution < -0.4 is 4.74 Å². The highest BCUT2D eigenvalue weighted by Gasteiger charge is 2.80. The highest BCUT2D eigenvalue weighted by Crippen LogP contribution is 2.69. The van der Waals surface area contributed by atoms with Crippen LogP contribution in [0.4, 0.5) is 0 Å². The Bertz CT molecular complexity index is 1020. The predicted octanol–water partition coefficient (Wildman–Crippen LogP) is 5.40. The molecule has 0 amide bonds. The molecule has 0 aromatic heterocycles. The van der Waals surface area contributed by atoms with Gasteiger partial charge in [0.05, 0.1) is 30.7 Å². The van der Waals surface area contributed by atoms with Crippen LogP contribution in [0.2, 0.25) is 0 Å². The van der Waals surface area contributed by atoms with Gasteiger partial charge >= 0.3 is 0 Å². The number of nitrogens with one attached hydrogen (secondary N) is 1. The molecule has 0 radical (unpaired) electrons. The third kappa shape index (κ3) is 3.28. The van der Waals surface area contributed by atoms with E-state index in [1.165, 1.54) is 12.8 Å². The Morgan fingerprint density at radius 3 is 2.45 bits per heavy atom. The van der Waals surface area contributed by atoms with Crippen molar-refractivity contribution in [2.45, 2.75) is 70.7 Å². The first-order valence-electron chi connectivity index (χ1n) is 11.9. The van der Waals surface area contributed by atoms with Crippen LogP contribution in [0.15, 0.2) is 24.3 Å². The minimum atomic E-state index is -1.90. The summed E-state index contributed by atoms with van der Waals surface area (Å²) in [5.41, 5.74) is -2.98. The number of ether oxygens (including phenoxy) is 3. The summed E-state index contributed by atoms with van der Waals surface area (Å²) in [4.78, 5) is 0. The van der Waals surface area contributed by atoms with Crippen molar-refractivity contribution in [3.05, 3.63) is 29.8 Å². The van der Waals surface area contributed by atoms with Gasteiger partial charge in [-0.25, -0.2) is 0 Å². The lowest BCUT2D eigenvalue weighted by atomic mass is 9.50. The van der Waals surface area contributed by atoms with E-state index >= 15 is 0 Å². The summed E-state index contributed by atoms with van der Waals surface area (Å²) in [6, 6.07) is 13.6. The molecule has 2 saturated heterocycles. The van der Waals surface area contributed by atoms with E-state index in [0.717, 1.165) is 19.3 Å². The Morgan fingerprint density at radius 2 is 1.82 bits per heavy atom. The van der Waals surface area contributed by atoms with E-state index in [2.05, 4.69) is 32.1 Å². The fraction of sp³-hybridized carbons (Fsp3) is 0.615. The first-order valence-corrected chi connectivity index (χ1v) is 11.9. The van der Waals surface area contributed by atoms with Crippen molar-refractivity contribution in [2.75, 3.05) is 6.61 Å². The number of benzene rings is 1. The minimum absolute atomic E-state index is 0.286. The third-order valence-corrected chi connectivity index (χ3v) is 7.62. The van der Waals surface area contributed by atoms with E-state index in [4.69, 9.17) is 19.6 Å². The monoisotopic (exact) mass is 446 g/mol. The lowest BCUT2D eigenvalue weighted by molar-refractivity contribution is -0.298. The van der Waals surface area contributed by atoms with E-state index in [1.54, 1.807) is 24.3 Å². The first-order chi connectivity index (χ1) is 15.9. The van der Waals surface area contributed by atoms with Crippen molar-refractivity contribution in [3.8, 4) is 24.0 Å². The van der Waals surface area contributed by atoms with E-state index in [1.807, 2.05) is 0 Å². The summed E-state index contributed by atoms with van der Waals surface area (Å²) >= 11 is 0. The van der Waals surface area contributed by atoms with Crippen LogP contribution in [0.1, 0.15) is 70.5 Å². The zero-order valence-corrected chi connectivity index (χ0v) is 19.3. The summed E-state index contributed by atoms with van der Waals surface area (Å²) in [5, 5.41) is 39.6. The van der Waals surface area contributed by atoms with Crippen LogP contribution in [0.3, 0.4) is 0 Å². The maximum Gasteiger partial charge on any atom is 0.217 e. The normalized spacial score (nSPS) is 33.7. The molecule has 3 aliphatic rings. The fourth-order valence-electron chi connectivity index (χ4n) is 5.79. The standard InChI is InChI=1S/C26H30N4O3/c1-3-4-5-6-13-31-20-9-7-19(8-10-20)22-24(15-27,16-28)25(17-29)21-14-18(2)11-12-26(21,32-22)33-23(25)30/h7-10,18,21-22,30H,3-6,11-14H2,1-2H3. The maximum absolute atomic E-state index is 10.4. The van der Waals surface area contributed by atoms with Crippen molar-refractivity contribution in [1.82, 2.24) is 0 Å². The smallest absolute Gasteiger partial charge is 0.217 e. The molecule has 7 heteroatoms. The molecule has 2 bridgehead atoms. The second kappa shape index (κ2) is 8.69. The van der Waals surface area contributed by atoms with Gasteiger partial charge in [-0.3, -0.25) is 5.41 Å². The van der Waals surface area contributed by atoms with Crippen LogP contribution in [0, 0.1) is 62.1 Å². The third-order valence-electron chi connectivity index (χ3n) is 7.62. The molecule has 1 N–H and O–H groups in total. The Kier molecular flexibility index (Phi) is 6.08. The van der Waals surface area contributed by atoms with Gasteiger partial charge in [-0.1, -0.05) is 45.2 Å². The summed E-state index contributed by atoms with van der Waals surface area (Å²) in [7, 11) is 0. The molecule has 2 aliphatic heterocycles. The van der Waals surface area contributed by atoms with Gasteiger partial charge in [0.2, 0.25) is 17.1 Å². The number of hydrogen-bond acceptors (Lipinski definition) is 7. The number of unbranched alkanes of at least 4 members (excludes halogenated alkanes) is 3. The number of nitriles is 3. The van der Waals surface area contributed by atoms with Gasteiger partial charge in [-0.15, -0.1) is 0 Å². The van der Waals surface area contributed by atoms with Crippen LogP contribution in [-0.2, 0) is 9.47 Å². The molecule has 33 heavy (non-hydrogen) atoms. The molecule has 1 aromatic rings. The van der Waals surface area contributed by atoms with Gasteiger partial charge in [0.25, 0.3) is 0 Å². The van der Waals surface area contributed by atoms with Crippen LogP contribution >= 0.6 is 0 Å². The second-order valence-corrected chi connectivity index (χ2v) is 9.60. The van der Waals surface area contributed by atoms with Crippen molar-refractivity contribution in [1.29, 1.82) is 21.2 Å². The SMILES string of the molecule is CCCCCCOc1ccc(C2OC34CCC(C)CC3C(C#N)(C(=N)O4)C2(C#N)C#N)cc1. The van der Waals surface area contributed by atoms with Crippen LogP contribution in [0.25, 0.3) is 0 Å². The molecular weight excluding hydrogens is 416 g/mol. The van der Waals surface area contributed by atoms with Gasteiger partial charge in [0.1, 0.15) is 11.9 Å². The molecule has 172 valence electrons. The van der Waals surface area contributed by atoms with Gasteiger partial charge in [0.15, 0.2) is 5.41 Å². The number of rotatable bonds is 7. The second-order valence-electron chi connectivity index (χ2n) is 9.60. The van der Waals surface area contributed by atoms with Gasteiger partial charge in [-0.2, -0.15) is 15.8 Å². The quantitative estimate of drug-likeness (QED) is 0.559. The summed E-state index contributed by atoms with van der Waals surface area (Å²) in [6.45, 7) is 4.87. The van der Waals surface area contributed by atoms with Gasteiger partial charge in [-0.05, 0) is 42.9 Å². The lowest BCUT2D eigenvalue weighted by Gasteiger charge is -2.52. The summed E-state index contributed by atoms with van der Waals surface area (Å²) < 4.78 is 18.2. The fourth-order valence-corrected chi connectivity index (χ4v) is 5.79. The average molecular weight is 447 g/mol. The molecule has 1 aromatic carbocycles. The Balaban J connectivity index is 1.68. The van der Waals surface area contributed by atoms with E-state index < -0.39 is 28.6 Å². The predicted molar refractivity (Wildman–Crippen MR) is 120 cm³/mol. The zero-order valence-electron chi connectivity index (χ0n) is 19.3. The molecule has 2 heterocycles. The van der Waals surface area contributed by atoms with Gasteiger partial charge in [0, 0.05) is 6.42 Å². The summed E-state index contributed by atoms with van der Waals surface area (Å²) in [5.74, 6) is -1.02. The topological polar surface area (TPSA) is 123 Å². The maximum atomic E-state index is 10.4. The molecule has 5 unspecified atom stereocenters. The highest BCUT2D eigenvalue weighted by molar-refractivity contribution is 5.89. The lowest BCUT2D eigenvalue weighted by Crippen LogP contribution is -2.60. The van der Waals surface area contributed by atoms with E-state index in [0.29, 0.717) is 30.8 Å². The van der Waals surface area contributed by atoms with E-state index in [9.17, 15) is 15.8 Å². The highest BCUT2D eigenvalue weighted by atomic mass is 16.7. The largest absolute Gasteiger partial charge is 0.494 e. The number of nitrogens with zero attached hydrogens (tertiary/aromatic N) is 3. The zero-order chi connectivity index (χ0) is 23.7. The number of hydrogen-bond donors (Lipinski definition) is 1. The Labute approximate surface area is 195 Å². The molecule has 1 aliphatic carbocycles. The molecule has 5 atom stereocenters.